The number of amidine groups is 1. The van der Waals surface area contributed by atoms with E-state index in [0.717, 1.165) is 31.5 Å². The second kappa shape index (κ2) is 16.3. The fraction of sp³-hybridized carbons (Fsp3) is 0.760. The molecule has 0 aromatic heterocycles. The van der Waals surface area contributed by atoms with E-state index < -0.39 is 5.97 Å². The number of carbonyl (C=O) groups is 1. The lowest BCUT2D eigenvalue weighted by Gasteiger charge is -2.36. The minimum absolute atomic E-state index is 0.101. The van der Waals surface area contributed by atoms with Crippen molar-refractivity contribution in [1.82, 2.24) is 0 Å². The van der Waals surface area contributed by atoms with Gasteiger partial charge in [0.05, 0.1) is 12.2 Å². The van der Waals surface area contributed by atoms with Crippen LogP contribution in [0.15, 0.2) is 29.5 Å². The Bertz CT molecular complexity index is 555. The van der Waals surface area contributed by atoms with Crippen molar-refractivity contribution in [3.63, 3.8) is 0 Å². The Morgan fingerprint density at radius 1 is 1.00 bits per heavy atom. The smallest absolute Gasteiger partial charge is 0.209 e. The summed E-state index contributed by atoms with van der Waals surface area (Å²) in [4.78, 5) is 15.6. The van der Waals surface area contributed by atoms with Gasteiger partial charge in [0.1, 0.15) is 18.9 Å². The average molecular weight is 420 g/mol. The largest absolute Gasteiger partial charge is 0.544 e. The van der Waals surface area contributed by atoms with Crippen molar-refractivity contribution in [3.8, 4) is 0 Å². The van der Waals surface area contributed by atoms with E-state index in [-0.39, 0.29) is 17.2 Å². The lowest BCUT2D eigenvalue weighted by Crippen LogP contribution is -2.60. The van der Waals surface area contributed by atoms with Gasteiger partial charge in [-0.05, 0) is 32.1 Å². The molecule has 0 radical (unpaired) electrons. The molecule has 0 bridgehead atoms. The van der Waals surface area contributed by atoms with Crippen LogP contribution < -0.4 is 10.8 Å². The summed E-state index contributed by atoms with van der Waals surface area (Å²) in [6.45, 7) is 3.95. The van der Waals surface area contributed by atoms with Crippen LogP contribution >= 0.6 is 0 Å². The van der Waals surface area contributed by atoms with E-state index in [4.69, 9.17) is 5.73 Å². The highest BCUT2D eigenvalue weighted by atomic mass is 16.4. The first-order valence-corrected chi connectivity index (χ1v) is 12.3. The third-order valence-corrected chi connectivity index (χ3v) is 6.07. The minimum Gasteiger partial charge on any atom is -0.544 e. The summed E-state index contributed by atoms with van der Waals surface area (Å²) in [7, 11) is 0. The number of aliphatic carboxylic acids is 1. The van der Waals surface area contributed by atoms with Gasteiger partial charge in [0.2, 0.25) is 5.84 Å². The molecule has 172 valence electrons. The van der Waals surface area contributed by atoms with Crippen LogP contribution in [0.3, 0.4) is 0 Å². The number of carbonyl (C=O) groups excluding carboxylic acids is 1. The summed E-state index contributed by atoms with van der Waals surface area (Å²) in [5.74, 6) is -0.246. The topological polar surface area (TPSA) is 78.5 Å². The molecule has 0 amide bonds. The normalized spacial score (nSPS) is 19.5. The van der Waals surface area contributed by atoms with Gasteiger partial charge in [0.15, 0.2) is 0 Å². The molecule has 5 nitrogen and oxygen atoms in total. The van der Waals surface area contributed by atoms with Crippen molar-refractivity contribution < 1.29 is 14.4 Å². The van der Waals surface area contributed by atoms with Crippen LogP contribution in [0.2, 0.25) is 0 Å². The maximum atomic E-state index is 11.2. The van der Waals surface area contributed by atoms with Crippen molar-refractivity contribution in [3.05, 3.63) is 24.6 Å². The Kier molecular flexibility index (Phi) is 14.4. The summed E-state index contributed by atoms with van der Waals surface area (Å²) in [6.07, 6.45) is 26.6. The lowest BCUT2D eigenvalue weighted by molar-refractivity contribution is -0.808. The highest BCUT2D eigenvalue weighted by Gasteiger charge is 2.38. The van der Waals surface area contributed by atoms with Crippen LogP contribution in [0.1, 0.15) is 110 Å². The van der Waals surface area contributed by atoms with E-state index in [1.165, 1.54) is 70.6 Å². The molecule has 1 aliphatic heterocycles. The number of nitrogens with two attached hydrogens (primary N) is 1. The molecule has 0 fully saturated rings. The van der Waals surface area contributed by atoms with Gasteiger partial charge in [-0.3, -0.25) is 5.73 Å². The summed E-state index contributed by atoms with van der Waals surface area (Å²) < 4.78 is 0.101. The molecule has 5 heteroatoms. The quantitative estimate of drug-likeness (QED) is 0.178. The van der Waals surface area contributed by atoms with Crippen LogP contribution in [0.5, 0.6) is 0 Å². The predicted molar refractivity (Wildman–Crippen MR) is 124 cm³/mol. The SMILES string of the molecule is CCCCCCCCCC/C=C/CCCCCCC1=NC=C[N+]1(CC(=O)[O-])C(C)N. The van der Waals surface area contributed by atoms with Gasteiger partial charge in [-0.25, -0.2) is 9.48 Å². The molecule has 1 rings (SSSR count). The standard InChI is InChI=1S/C25H45N3O2/c1-3-4-5-6-7-8-9-10-11-12-13-14-15-16-17-18-19-24-27-20-21-28(24,23(2)26)22-25(29)30/h12-13,20-21,23H,3-11,14-19,22,26H2,1-2H3/b13-12+. The van der Waals surface area contributed by atoms with Crippen LogP contribution in [-0.2, 0) is 4.79 Å². The minimum atomic E-state index is -1.09. The van der Waals surface area contributed by atoms with Gasteiger partial charge in [0.25, 0.3) is 0 Å². The van der Waals surface area contributed by atoms with Gasteiger partial charge in [0, 0.05) is 13.3 Å². The zero-order valence-corrected chi connectivity index (χ0v) is 19.5. The van der Waals surface area contributed by atoms with Crippen LogP contribution in [-0.4, -0.2) is 29.0 Å². The second-order valence-corrected chi connectivity index (χ2v) is 8.73. The molecular weight excluding hydrogens is 374 g/mol. The molecule has 1 aliphatic rings. The number of unbranched alkanes of at least 4 members (excludes halogenated alkanes) is 12. The fourth-order valence-corrected chi connectivity index (χ4v) is 4.11. The van der Waals surface area contributed by atoms with Crippen LogP contribution in [0, 0.1) is 0 Å². The summed E-state index contributed by atoms with van der Waals surface area (Å²) >= 11 is 0. The van der Waals surface area contributed by atoms with Gasteiger partial charge in [-0.1, -0.05) is 76.9 Å². The number of quaternary nitrogens is 1. The molecule has 0 aromatic rings. The molecule has 0 aliphatic carbocycles. The average Bonchev–Trinajstić information content (AvgIpc) is 3.10. The number of allylic oxidation sites excluding steroid dienone is 2. The molecule has 0 aromatic carbocycles. The van der Waals surface area contributed by atoms with Gasteiger partial charge >= 0.3 is 0 Å². The molecular formula is C25H45N3O2. The number of rotatable bonds is 19. The highest BCUT2D eigenvalue weighted by Crippen LogP contribution is 2.23. The van der Waals surface area contributed by atoms with Crippen molar-refractivity contribution in [2.24, 2.45) is 10.7 Å². The van der Waals surface area contributed by atoms with Gasteiger partial charge in [-0.15, -0.1) is 0 Å². The Hall–Kier alpha value is -1.46. The molecule has 0 saturated heterocycles. The summed E-state index contributed by atoms with van der Waals surface area (Å²) in [6, 6.07) is 0. The highest BCUT2D eigenvalue weighted by molar-refractivity contribution is 5.81. The number of aliphatic imine (C=N–C) groups is 1. The monoisotopic (exact) mass is 419 g/mol. The van der Waals surface area contributed by atoms with Crippen molar-refractivity contribution in [2.75, 3.05) is 6.54 Å². The summed E-state index contributed by atoms with van der Waals surface area (Å²) in [5, 5.41) is 11.2. The zero-order valence-electron chi connectivity index (χ0n) is 19.5. The number of carboxylic acid groups (broad SMARTS) is 1. The van der Waals surface area contributed by atoms with E-state index in [2.05, 4.69) is 24.1 Å². The molecule has 0 spiro atoms. The Balaban J connectivity index is 2.03. The zero-order chi connectivity index (χ0) is 22.1. The van der Waals surface area contributed by atoms with Crippen LogP contribution in [0.4, 0.5) is 0 Å². The van der Waals surface area contributed by atoms with E-state index in [9.17, 15) is 9.90 Å². The first kappa shape index (κ1) is 26.6. The number of carboxylic acids is 1. The van der Waals surface area contributed by atoms with E-state index in [0.29, 0.717) is 0 Å². The van der Waals surface area contributed by atoms with Gasteiger partial charge in [-0.2, -0.15) is 0 Å². The third kappa shape index (κ3) is 10.5. The van der Waals surface area contributed by atoms with E-state index >= 15 is 0 Å². The number of nitrogens with zero attached hydrogens (tertiary/aromatic N) is 2. The molecule has 30 heavy (non-hydrogen) atoms. The first-order chi connectivity index (χ1) is 14.5. The summed E-state index contributed by atoms with van der Waals surface area (Å²) in [5.41, 5.74) is 6.07. The molecule has 0 saturated carbocycles. The number of hydrogen-bond acceptors (Lipinski definition) is 4. The van der Waals surface area contributed by atoms with E-state index in [1.54, 1.807) is 12.4 Å². The van der Waals surface area contributed by atoms with Crippen molar-refractivity contribution in [1.29, 1.82) is 0 Å². The van der Waals surface area contributed by atoms with E-state index in [1.807, 2.05) is 6.92 Å². The first-order valence-electron chi connectivity index (χ1n) is 12.3. The lowest BCUT2D eigenvalue weighted by atomic mass is 10.1. The second-order valence-electron chi connectivity index (χ2n) is 8.73. The maximum Gasteiger partial charge on any atom is 0.209 e. The Morgan fingerprint density at radius 3 is 2.07 bits per heavy atom. The Labute approximate surface area is 184 Å². The molecule has 2 unspecified atom stereocenters. The van der Waals surface area contributed by atoms with Gasteiger partial charge < -0.3 is 9.90 Å². The Morgan fingerprint density at radius 2 is 1.53 bits per heavy atom. The maximum absolute atomic E-state index is 11.2. The van der Waals surface area contributed by atoms with Crippen molar-refractivity contribution in [2.45, 2.75) is 116 Å². The predicted octanol–water partition coefficient (Wildman–Crippen LogP) is 5.17. The number of hydrogen-bond donors (Lipinski definition) is 1. The molecule has 2 atom stereocenters. The molecule has 1 heterocycles. The molecule has 2 N–H and O–H groups in total. The third-order valence-electron chi connectivity index (χ3n) is 6.07. The fourth-order valence-electron chi connectivity index (χ4n) is 4.11. The van der Waals surface area contributed by atoms with Crippen LogP contribution in [0.25, 0.3) is 0 Å². The van der Waals surface area contributed by atoms with Crippen molar-refractivity contribution >= 4 is 11.8 Å².